The van der Waals surface area contributed by atoms with E-state index >= 15 is 0 Å². The van der Waals surface area contributed by atoms with Crippen molar-refractivity contribution in [1.29, 1.82) is 0 Å². The fourth-order valence-electron chi connectivity index (χ4n) is 1.37. The molecule has 0 saturated heterocycles. The van der Waals surface area contributed by atoms with E-state index in [0.29, 0.717) is 5.56 Å². The van der Waals surface area contributed by atoms with Gasteiger partial charge in [0.2, 0.25) is 0 Å². The second kappa shape index (κ2) is 4.97. The number of nitrogens with one attached hydrogen (secondary N) is 1. The van der Waals surface area contributed by atoms with Crippen LogP contribution in [0.1, 0.15) is 10.4 Å². The monoisotopic (exact) mass is 276 g/mol. The molecule has 16 heavy (non-hydrogen) atoms. The summed E-state index contributed by atoms with van der Waals surface area (Å²) in [4.78, 5) is 11.9. The van der Waals surface area contributed by atoms with Crippen molar-refractivity contribution in [3.63, 3.8) is 0 Å². The van der Waals surface area contributed by atoms with Crippen molar-refractivity contribution in [1.82, 2.24) is 0 Å². The SMILES string of the molecule is O=C(Nc1ccccc1)c1ccccc1[Se-]. The van der Waals surface area contributed by atoms with Crippen LogP contribution in [0.15, 0.2) is 54.6 Å². The third kappa shape index (κ3) is 2.51. The molecule has 80 valence electrons. The van der Waals surface area contributed by atoms with Crippen LogP contribution in [0.2, 0.25) is 0 Å². The Balaban J connectivity index is 2.19. The van der Waals surface area contributed by atoms with Gasteiger partial charge in [0.25, 0.3) is 0 Å². The van der Waals surface area contributed by atoms with Crippen LogP contribution < -0.4 is 9.78 Å². The van der Waals surface area contributed by atoms with Crippen LogP contribution in [-0.2, 0) is 0 Å². The molecular weight excluding hydrogens is 265 g/mol. The van der Waals surface area contributed by atoms with Gasteiger partial charge in [-0.25, -0.2) is 0 Å². The van der Waals surface area contributed by atoms with Gasteiger partial charge >= 0.3 is 102 Å². The molecule has 0 atom stereocenters. The van der Waals surface area contributed by atoms with Crippen LogP contribution >= 0.6 is 0 Å². The first kappa shape index (κ1) is 10.9. The standard InChI is InChI=1S/C13H11NOSe/c15-13(11-8-4-5-9-12(11)16)14-10-6-2-1-3-7-10/h1-9,16H,(H,14,15)/p-1. The molecule has 0 heterocycles. The zero-order valence-corrected chi connectivity index (χ0v) is 10.2. The summed E-state index contributed by atoms with van der Waals surface area (Å²) in [5.74, 6) is -0.0967. The minimum absolute atomic E-state index is 0.0967. The van der Waals surface area contributed by atoms with Gasteiger partial charge in [-0.15, -0.1) is 0 Å². The zero-order valence-electron chi connectivity index (χ0n) is 8.51. The molecule has 0 saturated carbocycles. The molecule has 3 heteroatoms. The summed E-state index contributed by atoms with van der Waals surface area (Å²) in [6.07, 6.45) is 0. The molecule has 2 nitrogen and oxygen atoms in total. The molecule has 0 aliphatic heterocycles. The van der Waals surface area contributed by atoms with Crippen LogP contribution in [0.5, 0.6) is 0 Å². The number of para-hydroxylation sites is 1. The second-order valence-electron chi connectivity index (χ2n) is 3.32. The Hall–Kier alpha value is -1.57. The van der Waals surface area contributed by atoms with Gasteiger partial charge in [0.05, 0.1) is 0 Å². The van der Waals surface area contributed by atoms with Crippen molar-refractivity contribution in [2.75, 3.05) is 5.32 Å². The molecule has 0 aliphatic rings. The summed E-state index contributed by atoms with van der Waals surface area (Å²) in [5, 5.41) is 2.84. The summed E-state index contributed by atoms with van der Waals surface area (Å²) >= 11 is 2.88. The Morgan fingerprint density at radius 2 is 1.56 bits per heavy atom. The van der Waals surface area contributed by atoms with Gasteiger partial charge in [0.1, 0.15) is 0 Å². The van der Waals surface area contributed by atoms with Crippen LogP contribution in [-0.4, -0.2) is 21.9 Å². The molecule has 0 radical (unpaired) electrons. The van der Waals surface area contributed by atoms with Gasteiger partial charge in [-0.2, -0.15) is 0 Å². The number of amides is 1. The Morgan fingerprint density at radius 1 is 0.938 bits per heavy atom. The molecule has 0 unspecified atom stereocenters. The van der Waals surface area contributed by atoms with E-state index < -0.39 is 0 Å². The van der Waals surface area contributed by atoms with E-state index in [1.165, 1.54) is 0 Å². The van der Waals surface area contributed by atoms with Crippen LogP contribution in [0, 0.1) is 0 Å². The number of carbonyl (C=O) groups is 1. The molecule has 2 aromatic rings. The number of carbonyl (C=O) groups excluding carboxylic acids is 1. The van der Waals surface area contributed by atoms with Crippen molar-refractivity contribution >= 4 is 32.1 Å². The van der Waals surface area contributed by atoms with Crippen molar-refractivity contribution in [3.8, 4) is 0 Å². The maximum atomic E-state index is 11.9. The maximum absolute atomic E-state index is 11.9. The van der Waals surface area contributed by atoms with Crippen LogP contribution in [0.25, 0.3) is 0 Å². The normalized spacial score (nSPS) is 9.75. The number of benzene rings is 2. The molecule has 0 bridgehead atoms. The van der Waals surface area contributed by atoms with E-state index in [0.717, 1.165) is 10.1 Å². The van der Waals surface area contributed by atoms with Gasteiger partial charge in [-0.3, -0.25) is 0 Å². The molecule has 0 fully saturated rings. The third-order valence-electron chi connectivity index (χ3n) is 2.16. The van der Waals surface area contributed by atoms with Gasteiger partial charge in [0.15, 0.2) is 0 Å². The topological polar surface area (TPSA) is 29.1 Å². The summed E-state index contributed by atoms with van der Waals surface area (Å²) in [7, 11) is 0. The van der Waals surface area contributed by atoms with Crippen molar-refractivity contribution in [2.45, 2.75) is 0 Å². The van der Waals surface area contributed by atoms with Gasteiger partial charge in [0, 0.05) is 0 Å². The van der Waals surface area contributed by atoms with Crippen LogP contribution in [0.4, 0.5) is 5.69 Å². The Labute approximate surface area is 102 Å². The quantitative estimate of drug-likeness (QED) is 0.831. The van der Waals surface area contributed by atoms with Gasteiger partial charge in [-0.1, -0.05) is 0 Å². The molecule has 0 spiro atoms. The summed E-state index contributed by atoms with van der Waals surface area (Å²) in [5.41, 5.74) is 1.46. The van der Waals surface area contributed by atoms with E-state index in [2.05, 4.69) is 21.3 Å². The van der Waals surface area contributed by atoms with E-state index in [1.807, 2.05) is 48.5 Å². The molecule has 1 N–H and O–H groups in total. The first-order valence-electron chi connectivity index (χ1n) is 4.90. The van der Waals surface area contributed by atoms with E-state index in [9.17, 15) is 4.79 Å². The molecular formula is C13H10NOSe-. The number of hydrogen-bond acceptors (Lipinski definition) is 1. The number of hydrogen-bond donors (Lipinski definition) is 1. The van der Waals surface area contributed by atoms with E-state index in [1.54, 1.807) is 6.07 Å². The molecule has 2 aromatic carbocycles. The molecule has 0 aromatic heterocycles. The second-order valence-corrected chi connectivity index (χ2v) is 4.24. The first-order chi connectivity index (χ1) is 7.77. The van der Waals surface area contributed by atoms with Gasteiger partial charge < -0.3 is 0 Å². The molecule has 2 rings (SSSR count). The number of anilines is 1. The van der Waals surface area contributed by atoms with E-state index in [4.69, 9.17) is 0 Å². The van der Waals surface area contributed by atoms with Crippen molar-refractivity contribution in [2.24, 2.45) is 0 Å². The Morgan fingerprint density at radius 3 is 2.25 bits per heavy atom. The Bertz CT molecular complexity index is 496. The predicted molar refractivity (Wildman–Crippen MR) is 66.2 cm³/mol. The van der Waals surface area contributed by atoms with Gasteiger partial charge in [-0.05, 0) is 0 Å². The van der Waals surface area contributed by atoms with Crippen molar-refractivity contribution < 1.29 is 4.79 Å². The molecule has 0 aliphatic carbocycles. The minimum atomic E-state index is -0.0967. The fraction of sp³-hybridized carbons (Fsp3) is 0. The van der Waals surface area contributed by atoms with Crippen molar-refractivity contribution in [3.05, 3.63) is 60.2 Å². The predicted octanol–water partition coefficient (Wildman–Crippen LogP) is 1.73. The first-order valence-corrected chi connectivity index (χ1v) is 5.75. The Kier molecular flexibility index (Phi) is 3.40. The molecule has 1 amide bonds. The fourth-order valence-corrected chi connectivity index (χ4v) is 1.88. The van der Waals surface area contributed by atoms with Crippen LogP contribution in [0.3, 0.4) is 0 Å². The number of rotatable bonds is 2. The average Bonchev–Trinajstić information content (AvgIpc) is 2.31. The zero-order chi connectivity index (χ0) is 11.4. The average molecular weight is 275 g/mol. The third-order valence-corrected chi connectivity index (χ3v) is 2.91. The summed E-state index contributed by atoms with van der Waals surface area (Å²) < 4.78 is 0.857. The van der Waals surface area contributed by atoms with E-state index in [-0.39, 0.29) is 5.91 Å². The summed E-state index contributed by atoms with van der Waals surface area (Å²) in [6.45, 7) is 0. The summed E-state index contributed by atoms with van der Waals surface area (Å²) in [6, 6.07) is 16.8.